The minimum atomic E-state index is -4.90. The maximum atomic E-state index is 14.1. The van der Waals surface area contributed by atoms with Gasteiger partial charge in [-0.15, -0.1) is 11.6 Å². The van der Waals surface area contributed by atoms with Crippen LogP contribution in [0.1, 0.15) is 34.3 Å². The summed E-state index contributed by atoms with van der Waals surface area (Å²) in [7, 11) is 0. The molecule has 170 valence electrons. The van der Waals surface area contributed by atoms with Crippen molar-refractivity contribution in [1.29, 1.82) is 0 Å². The molecule has 0 aromatic heterocycles. The minimum absolute atomic E-state index is 0.0291. The van der Waals surface area contributed by atoms with E-state index in [-0.39, 0.29) is 22.4 Å². The van der Waals surface area contributed by atoms with Gasteiger partial charge in [-0.25, -0.2) is 4.39 Å². The highest BCUT2D eigenvalue weighted by molar-refractivity contribution is 6.33. The predicted octanol–water partition coefficient (Wildman–Crippen LogP) is 5.52. The Morgan fingerprint density at radius 1 is 1.41 bits per heavy atom. The normalized spacial score (nSPS) is 23.3. The number of aryl methyl sites for hydroxylation is 1. The SMILES string of the molecule is C=CN(C=O)C(=O)c1ccc(C2=NO[C@@](C3=CC(Cl)=C(F)C(Cl)C3)(C(F)(F)F)C2)cc1C. The van der Waals surface area contributed by atoms with Crippen molar-refractivity contribution in [3.05, 3.63) is 70.2 Å². The highest BCUT2D eigenvalue weighted by Crippen LogP contribution is 2.50. The zero-order valence-electron chi connectivity index (χ0n) is 16.5. The van der Waals surface area contributed by atoms with E-state index in [1.54, 1.807) is 6.92 Å². The number of alkyl halides is 4. The fraction of sp³-hybridized carbons (Fsp3) is 0.286. The minimum Gasteiger partial charge on any atom is -0.374 e. The molecule has 11 heteroatoms. The first kappa shape index (κ1) is 24.0. The topological polar surface area (TPSA) is 59.0 Å². The Kier molecular flexibility index (Phi) is 6.53. The van der Waals surface area contributed by atoms with Crippen LogP contribution < -0.4 is 0 Å². The monoisotopic (exact) mass is 490 g/mol. The molecule has 1 aromatic rings. The second-order valence-corrected chi connectivity index (χ2v) is 8.13. The number of hydrogen-bond donors (Lipinski definition) is 0. The molecule has 1 unspecified atom stereocenters. The Morgan fingerprint density at radius 2 is 2.09 bits per heavy atom. The molecular weight excluding hydrogens is 475 g/mol. The molecule has 1 heterocycles. The quantitative estimate of drug-likeness (QED) is 0.310. The highest BCUT2D eigenvalue weighted by atomic mass is 35.5. The summed E-state index contributed by atoms with van der Waals surface area (Å²) in [6.07, 6.45) is -3.85. The lowest BCUT2D eigenvalue weighted by atomic mass is 9.82. The highest BCUT2D eigenvalue weighted by Gasteiger charge is 2.63. The molecule has 2 aliphatic rings. The first-order valence-electron chi connectivity index (χ1n) is 9.18. The van der Waals surface area contributed by atoms with Gasteiger partial charge in [0.25, 0.3) is 11.5 Å². The number of carbonyl (C=O) groups is 2. The van der Waals surface area contributed by atoms with Crippen LogP contribution in [0.4, 0.5) is 17.6 Å². The lowest BCUT2D eigenvalue weighted by Gasteiger charge is -2.33. The van der Waals surface area contributed by atoms with Crippen LogP contribution in [0.25, 0.3) is 0 Å². The summed E-state index contributed by atoms with van der Waals surface area (Å²) in [4.78, 5) is 29.0. The summed E-state index contributed by atoms with van der Waals surface area (Å²) in [5.41, 5.74) is -2.37. The molecule has 0 spiro atoms. The third-order valence-corrected chi connectivity index (χ3v) is 5.88. The molecule has 0 fully saturated rings. The first-order chi connectivity index (χ1) is 14.9. The van der Waals surface area contributed by atoms with Crippen molar-refractivity contribution >= 4 is 41.2 Å². The van der Waals surface area contributed by atoms with E-state index in [1.807, 2.05) is 0 Å². The number of nitrogens with zero attached hydrogens (tertiary/aromatic N) is 2. The Hall–Kier alpha value is -2.65. The lowest BCUT2D eigenvalue weighted by Crippen LogP contribution is -2.48. The van der Waals surface area contributed by atoms with Gasteiger partial charge < -0.3 is 4.84 Å². The molecule has 0 bridgehead atoms. The molecule has 3 rings (SSSR count). The van der Waals surface area contributed by atoms with Gasteiger partial charge in [-0.2, -0.15) is 13.2 Å². The molecule has 2 amide bonds. The Bertz CT molecular complexity index is 1070. The van der Waals surface area contributed by atoms with Crippen molar-refractivity contribution < 1.29 is 32.0 Å². The fourth-order valence-electron chi connectivity index (χ4n) is 3.48. The molecule has 0 saturated heterocycles. The van der Waals surface area contributed by atoms with Crippen LogP contribution in [0.15, 0.2) is 58.6 Å². The smallest absolute Gasteiger partial charge is 0.374 e. The van der Waals surface area contributed by atoms with Gasteiger partial charge in [0.1, 0.15) is 5.83 Å². The standard InChI is InChI=1S/C21H16Cl2F4N2O3/c1-3-29(10-30)19(31)14-5-4-12(6-11(14)2)17-9-20(32-28-17,21(25,26)27)13-7-15(22)18(24)16(23)8-13/h3-7,10,16H,1,8-9H2,2H3/t16?,20-/m0/s1. The maximum Gasteiger partial charge on any atom is 0.435 e. The molecule has 0 saturated carbocycles. The van der Waals surface area contributed by atoms with Gasteiger partial charge in [0.2, 0.25) is 6.41 Å². The number of carbonyl (C=O) groups excluding carboxylic acids is 2. The van der Waals surface area contributed by atoms with Crippen molar-refractivity contribution in [2.24, 2.45) is 5.16 Å². The van der Waals surface area contributed by atoms with Gasteiger partial charge in [-0.1, -0.05) is 29.4 Å². The van der Waals surface area contributed by atoms with Gasteiger partial charge in [-0.3, -0.25) is 14.5 Å². The van der Waals surface area contributed by atoms with Gasteiger partial charge in [-0.05, 0) is 48.3 Å². The predicted molar refractivity (Wildman–Crippen MR) is 111 cm³/mol. The summed E-state index contributed by atoms with van der Waals surface area (Å²) < 4.78 is 56.2. The molecule has 5 nitrogen and oxygen atoms in total. The van der Waals surface area contributed by atoms with Crippen molar-refractivity contribution in [3.8, 4) is 0 Å². The third kappa shape index (κ3) is 4.06. The zero-order chi connectivity index (χ0) is 23.8. The van der Waals surface area contributed by atoms with Crippen LogP contribution in [-0.4, -0.2) is 40.1 Å². The molecular formula is C21H16Cl2F4N2O3. The van der Waals surface area contributed by atoms with Crippen molar-refractivity contribution in [3.63, 3.8) is 0 Å². The summed E-state index contributed by atoms with van der Waals surface area (Å²) in [6.45, 7) is 4.93. The average Bonchev–Trinajstić information content (AvgIpc) is 3.19. The van der Waals surface area contributed by atoms with Crippen LogP contribution in [0.2, 0.25) is 0 Å². The van der Waals surface area contributed by atoms with Crippen LogP contribution in [-0.2, 0) is 9.63 Å². The summed E-state index contributed by atoms with van der Waals surface area (Å²) in [5, 5.41) is 1.77. The molecule has 0 N–H and O–H groups in total. The van der Waals surface area contributed by atoms with Crippen LogP contribution in [0.5, 0.6) is 0 Å². The van der Waals surface area contributed by atoms with Gasteiger partial charge in [0, 0.05) is 18.2 Å². The fourth-order valence-corrected chi connectivity index (χ4v) is 4.09. The Morgan fingerprint density at radius 3 is 2.62 bits per heavy atom. The zero-order valence-corrected chi connectivity index (χ0v) is 18.1. The van der Waals surface area contributed by atoms with Crippen molar-refractivity contribution in [1.82, 2.24) is 4.90 Å². The van der Waals surface area contributed by atoms with Gasteiger partial charge in [0.15, 0.2) is 0 Å². The molecule has 1 aliphatic heterocycles. The summed E-state index contributed by atoms with van der Waals surface area (Å²) >= 11 is 11.6. The number of oxime groups is 1. The third-order valence-electron chi connectivity index (χ3n) is 5.24. The molecule has 1 aliphatic carbocycles. The van der Waals surface area contributed by atoms with Crippen LogP contribution in [0, 0.1) is 6.92 Å². The molecule has 0 radical (unpaired) electrons. The summed E-state index contributed by atoms with van der Waals surface area (Å²) in [5.74, 6) is -1.55. The van der Waals surface area contributed by atoms with E-state index in [1.165, 1.54) is 18.2 Å². The second kappa shape index (κ2) is 8.71. The van der Waals surface area contributed by atoms with E-state index < -0.39 is 46.8 Å². The van der Waals surface area contributed by atoms with Crippen molar-refractivity contribution in [2.45, 2.75) is 36.9 Å². The lowest BCUT2D eigenvalue weighted by molar-refractivity contribution is -0.254. The van der Waals surface area contributed by atoms with E-state index in [4.69, 9.17) is 28.0 Å². The average molecular weight is 491 g/mol. The van der Waals surface area contributed by atoms with E-state index >= 15 is 0 Å². The van der Waals surface area contributed by atoms with Crippen LogP contribution in [0.3, 0.4) is 0 Å². The Balaban J connectivity index is 1.95. The molecule has 2 atom stereocenters. The number of amides is 2. The van der Waals surface area contributed by atoms with E-state index in [0.717, 1.165) is 17.2 Å². The largest absolute Gasteiger partial charge is 0.435 e. The molecule has 1 aromatic carbocycles. The number of hydrogen-bond acceptors (Lipinski definition) is 4. The van der Waals surface area contributed by atoms with E-state index in [9.17, 15) is 27.2 Å². The first-order valence-corrected chi connectivity index (χ1v) is 10.00. The second-order valence-electron chi connectivity index (χ2n) is 7.20. The maximum absolute atomic E-state index is 14.1. The van der Waals surface area contributed by atoms with Crippen LogP contribution >= 0.6 is 23.2 Å². The Labute approximate surface area is 190 Å². The number of halogens is 6. The number of benzene rings is 1. The van der Waals surface area contributed by atoms with Gasteiger partial charge >= 0.3 is 6.18 Å². The van der Waals surface area contributed by atoms with Crippen molar-refractivity contribution in [2.75, 3.05) is 0 Å². The summed E-state index contributed by atoms with van der Waals surface area (Å²) in [6, 6.07) is 4.22. The molecule has 32 heavy (non-hydrogen) atoms. The number of imide groups is 1. The number of allylic oxidation sites excluding steroid dienone is 3. The van der Waals surface area contributed by atoms with Gasteiger partial charge in [0.05, 0.1) is 16.1 Å². The number of rotatable bonds is 5. The van der Waals surface area contributed by atoms with E-state index in [0.29, 0.717) is 12.0 Å². The van der Waals surface area contributed by atoms with E-state index in [2.05, 4.69) is 11.7 Å².